The Labute approximate surface area is 118 Å². The summed E-state index contributed by atoms with van der Waals surface area (Å²) in [5.41, 5.74) is 0.721. The van der Waals surface area contributed by atoms with Crippen molar-refractivity contribution >= 4 is 22.0 Å². The maximum absolute atomic E-state index is 12.7. The minimum atomic E-state index is -4.61. The van der Waals surface area contributed by atoms with Crippen molar-refractivity contribution in [2.45, 2.75) is 39.0 Å². The third kappa shape index (κ3) is 6.01. The van der Waals surface area contributed by atoms with Crippen LogP contribution in [0.1, 0.15) is 31.9 Å². The van der Waals surface area contributed by atoms with Crippen molar-refractivity contribution < 1.29 is 21.8 Å². The molecule has 20 heavy (non-hydrogen) atoms. The summed E-state index contributed by atoms with van der Waals surface area (Å²) in [6.45, 7) is 6.92. The number of halogens is 1. The second kappa shape index (κ2) is 5.78. The van der Waals surface area contributed by atoms with E-state index in [-0.39, 0.29) is 5.56 Å². The van der Waals surface area contributed by atoms with E-state index in [1.807, 2.05) is 0 Å². The Morgan fingerprint density at radius 1 is 1.35 bits per heavy atom. The molecule has 0 saturated carbocycles. The fourth-order valence-corrected chi connectivity index (χ4v) is 2.08. The predicted molar refractivity (Wildman–Crippen MR) is 74.8 cm³/mol. The van der Waals surface area contributed by atoms with E-state index in [1.165, 1.54) is 12.1 Å². The Balaban J connectivity index is 2.90. The Morgan fingerprint density at radius 2 is 1.95 bits per heavy atom. The van der Waals surface area contributed by atoms with Crippen molar-refractivity contribution in [1.82, 2.24) is 0 Å². The number of carbonyl (C=O) groups excluding carboxylic acids is 1. The van der Waals surface area contributed by atoms with E-state index < -0.39 is 27.7 Å². The van der Waals surface area contributed by atoms with E-state index in [1.54, 1.807) is 33.8 Å². The van der Waals surface area contributed by atoms with Gasteiger partial charge in [-0.3, -0.25) is 5.32 Å². The van der Waals surface area contributed by atoms with Gasteiger partial charge in [-0.1, -0.05) is 12.1 Å². The Kier molecular flexibility index (Phi) is 4.75. The first-order chi connectivity index (χ1) is 8.96. The highest BCUT2D eigenvalue weighted by molar-refractivity contribution is 7.85. The molecule has 0 radical (unpaired) electrons. The Bertz CT molecular complexity index is 605. The molecule has 7 heteroatoms. The first-order valence-corrected chi connectivity index (χ1v) is 7.53. The zero-order chi connectivity index (χ0) is 15.6. The first-order valence-electron chi connectivity index (χ1n) is 5.98. The monoisotopic (exact) mass is 303 g/mol. The quantitative estimate of drug-likeness (QED) is 0.871. The highest BCUT2D eigenvalue weighted by atomic mass is 32.3. The predicted octanol–water partition coefficient (Wildman–Crippen LogP) is 3.14. The topological polar surface area (TPSA) is 72.5 Å². The summed E-state index contributed by atoms with van der Waals surface area (Å²) in [6.07, 6.45) is -0.652. The van der Waals surface area contributed by atoms with Crippen molar-refractivity contribution in [2.24, 2.45) is 0 Å². The van der Waals surface area contributed by atoms with Crippen LogP contribution in [0.15, 0.2) is 18.2 Å². The SMILES string of the molecule is Cc1ccc(CS(=O)(=O)F)cc1NC(=O)OC(C)(C)C. The van der Waals surface area contributed by atoms with Crippen LogP contribution in [0, 0.1) is 6.92 Å². The molecule has 1 aromatic carbocycles. The van der Waals surface area contributed by atoms with Crippen LogP contribution in [0.2, 0.25) is 0 Å². The summed E-state index contributed by atoms with van der Waals surface area (Å²) in [4.78, 5) is 11.7. The van der Waals surface area contributed by atoms with Crippen LogP contribution < -0.4 is 5.32 Å². The molecule has 1 amide bonds. The lowest BCUT2D eigenvalue weighted by Crippen LogP contribution is -2.27. The summed E-state index contributed by atoms with van der Waals surface area (Å²) in [7, 11) is -4.61. The van der Waals surface area contributed by atoms with Crippen molar-refractivity contribution in [3.63, 3.8) is 0 Å². The van der Waals surface area contributed by atoms with Crippen molar-refractivity contribution in [1.29, 1.82) is 0 Å². The third-order valence-electron chi connectivity index (χ3n) is 2.28. The molecular formula is C13H18FNO4S. The van der Waals surface area contributed by atoms with Gasteiger partial charge in [0.15, 0.2) is 0 Å². The molecule has 1 N–H and O–H groups in total. The van der Waals surface area contributed by atoms with Crippen LogP contribution in [0.4, 0.5) is 14.4 Å². The standard InChI is InChI=1S/C13H18FNO4S/c1-9-5-6-10(8-20(14,17)18)7-11(9)15-12(16)19-13(2,3)4/h5-7H,8H2,1-4H3,(H,15,16). The fraction of sp³-hybridized carbons (Fsp3) is 0.462. The van der Waals surface area contributed by atoms with Gasteiger partial charge in [0.05, 0.1) is 0 Å². The average molecular weight is 303 g/mol. The number of anilines is 1. The molecule has 0 aliphatic rings. The van der Waals surface area contributed by atoms with Gasteiger partial charge in [0, 0.05) is 5.69 Å². The number of hydrogen-bond acceptors (Lipinski definition) is 4. The van der Waals surface area contributed by atoms with E-state index in [9.17, 15) is 17.1 Å². The van der Waals surface area contributed by atoms with Crippen LogP contribution in [-0.4, -0.2) is 20.1 Å². The molecule has 0 aliphatic heterocycles. The number of rotatable bonds is 3. The van der Waals surface area contributed by atoms with Crippen LogP contribution in [0.25, 0.3) is 0 Å². The van der Waals surface area contributed by atoms with E-state index in [0.717, 1.165) is 5.56 Å². The maximum Gasteiger partial charge on any atom is 0.412 e. The minimum absolute atomic E-state index is 0.254. The van der Waals surface area contributed by atoms with Gasteiger partial charge in [0.2, 0.25) is 0 Å². The molecule has 1 rings (SSSR count). The molecule has 0 fully saturated rings. The van der Waals surface area contributed by atoms with E-state index in [2.05, 4.69) is 5.32 Å². The fourth-order valence-electron chi connectivity index (χ4n) is 1.51. The van der Waals surface area contributed by atoms with Gasteiger partial charge in [0.1, 0.15) is 11.4 Å². The highest BCUT2D eigenvalue weighted by Gasteiger charge is 2.17. The third-order valence-corrected chi connectivity index (χ3v) is 2.95. The van der Waals surface area contributed by atoms with Crippen molar-refractivity contribution in [3.05, 3.63) is 29.3 Å². The van der Waals surface area contributed by atoms with E-state index >= 15 is 0 Å². The summed E-state index contributed by atoms with van der Waals surface area (Å²) < 4.78 is 39.0. The second-order valence-corrected chi connectivity index (χ2v) is 6.83. The molecular weight excluding hydrogens is 285 g/mol. The van der Waals surface area contributed by atoms with Gasteiger partial charge >= 0.3 is 16.3 Å². The molecule has 1 aromatic rings. The van der Waals surface area contributed by atoms with Gasteiger partial charge in [0.25, 0.3) is 0 Å². The normalized spacial score (nSPS) is 12.1. The Hall–Kier alpha value is -1.63. The smallest absolute Gasteiger partial charge is 0.412 e. The maximum atomic E-state index is 12.7. The highest BCUT2D eigenvalue weighted by Crippen LogP contribution is 2.20. The average Bonchev–Trinajstić information content (AvgIpc) is 2.18. The molecule has 0 aromatic heterocycles. The minimum Gasteiger partial charge on any atom is -0.444 e. The molecule has 0 bridgehead atoms. The molecule has 0 atom stereocenters. The van der Waals surface area contributed by atoms with E-state index in [4.69, 9.17) is 4.74 Å². The molecule has 5 nitrogen and oxygen atoms in total. The summed E-state index contributed by atoms with van der Waals surface area (Å²) in [5, 5.41) is 2.51. The number of nitrogens with one attached hydrogen (secondary N) is 1. The van der Waals surface area contributed by atoms with E-state index in [0.29, 0.717) is 5.69 Å². The number of hydrogen-bond donors (Lipinski definition) is 1. The zero-order valence-corrected chi connectivity index (χ0v) is 12.7. The van der Waals surface area contributed by atoms with Crippen LogP contribution in [0.5, 0.6) is 0 Å². The molecule has 0 aliphatic carbocycles. The number of ether oxygens (including phenoxy) is 1. The van der Waals surface area contributed by atoms with Gasteiger partial charge in [-0.25, -0.2) is 4.79 Å². The Morgan fingerprint density at radius 3 is 2.45 bits per heavy atom. The number of carbonyl (C=O) groups is 1. The van der Waals surface area contributed by atoms with Gasteiger partial charge in [-0.05, 0) is 44.9 Å². The molecule has 112 valence electrons. The lowest BCUT2D eigenvalue weighted by atomic mass is 10.1. The molecule has 0 unspecified atom stereocenters. The number of aryl methyl sites for hydroxylation is 1. The van der Waals surface area contributed by atoms with Crippen LogP contribution in [0.3, 0.4) is 0 Å². The summed E-state index contributed by atoms with van der Waals surface area (Å²) in [6, 6.07) is 4.51. The lowest BCUT2D eigenvalue weighted by molar-refractivity contribution is 0.0636. The zero-order valence-electron chi connectivity index (χ0n) is 11.9. The summed E-state index contributed by atoms with van der Waals surface area (Å²) in [5.74, 6) is -0.726. The van der Waals surface area contributed by atoms with Gasteiger partial charge in [-0.2, -0.15) is 8.42 Å². The molecule has 0 saturated heterocycles. The van der Waals surface area contributed by atoms with Gasteiger partial charge in [-0.15, -0.1) is 3.89 Å². The van der Waals surface area contributed by atoms with Crippen molar-refractivity contribution in [3.8, 4) is 0 Å². The van der Waals surface area contributed by atoms with Crippen molar-refractivity contribution in [2.75, 3.05) is 5.32 Å². The number of benzene rings is 1. The van der Waals surface area contributed by atoms with Crippen LogP contribution >= 0.6 is 0 Å². The number of amides is 1. The largest absolute Gasteiger partial charge is 0.444 e. The van der Waals surface area contributed by atoms with Crippen LogP contribution in [-0.2, 0) is 20.7 Å². The molecule has 0 heterocycles. The van der Waals surface area contributed by atoms with Gasteiger partial charge < -0.3 is 4.74 Å². The lowest BCUT2D eigenvalue weighted by Gasteiger charge is -2.20. The summed E-state index contributed by atoms with van der Waals surface area (Å²) >= 11 is 0. The molecule has 0 spiro atoms. The first kappa shape index (κ1) is 16.4. The second-order valence-electron chi connectivity index (χ2n) is 5.46.